The Morgan fingerprint density at radius 1 is 1.21 bits per heavy atom. The Morgan fingerprint density at radius 3 is 2.65 bits per heavy atom. The van der Waals surface area contributed by atoms with Crippen LogP contribution in [0.15, 0.2) is 47.4 Å². The summed E-state index contributed by atoms with van der Waals surface area (Å²) in [5, 5.41) is 10.3. The summed E-state index contributed by atoms with van der Waals surface area (Å²) < 4.78 is 53.9. The lowest BCUT2D eigenvalue weighted by atomic mass is 10.1. The highest BCUT2D eigenvalue weighted by Gasteiger charge is 2.31. The molecule has 2 aromatic heterocycles. The lowest BCUT2D eigenvalue weighted by Gasteiger charge is -2.11. The number of ether oxygens (including phenoxy) is 3. The molecule has 0 aliphatic carbocycles. The molecule has 0 saturated carbocycles. The number of halogens is 3. The summed E-state index contributed by atoms with van der Waals surface area (Å²) in [6, 6.07) is 8.57. The molecule has 0 aliphatic heterocycles. The summed E-state index contributed by atoms with van der Waals surface area (Å²) in [7, 11) is 1.41. The minimum absolute atomic E-state index is 0.127. The summed E-state index contributed by atoms with van der Waals surface area (Å²) in [4.78, 5) is 17.7. The van der Waals surface area contributed by atoms with Crippen molar-refractivity contribution >= 4 is 22.4 Å². The van der Waals surface area contributed by atoms with Crippen molar-refractivity contribution in [3.63, 3.8) is 0 Å². The number of imidazole rings is 1. The molecular formula is C23H19F3N2O5S. The summed E-state index contributed by atoms with van der Waals surface area (Å²) >= 11 is 1.12. The van der Waals surface area contributed by atoms with E-state index in [0.717, 1.165) is 17.8 Å². The fraction of sp³-hybridized carbons (Fsp3) is 0.217. The molecule has 0 unspecified atom stereocenters. The third kappa shape index (κ3) is 4.93. The first-order valence-electron chi connectivity index (χ1n) is 10.1. The van der Waals surface area contributed by atoms with Crippen LogP contribution < -0.4 is 24.3 Å². The van der Waals surface area contributed by atoms with Crippen LogP contribution in [0, 0.1) is 0 Å². The molecule has 0 aliphatic rings. The minimum Gasteiger partial charge on any atom is -0.502 e. The number of aromatic hydroxyl groups is 1. The van der Waals surface area contributed by atoms with Gasteiger partial charge in [-0.25, -0.2) is 4.98 Å². The largest absolute Gasteiger partial charge is 0.573 e. The Kier molecular flexibility index (Phi) is 6.38. The maximum Gasteiger partial charge on any atom is 0.573 e. The number of hydrogen-bond donors (Lipinski definition) is 1. The predicted octanol–water partition coefficient (Wildman–Crippen LogP) is 4.37. The third-order valence-corrected chi connectivity index (χ3v) is 5.69. The van der Waals surface area contributed by atoms with Crippen molar-refractivity contribution in [1.29, 1.82) is 0 Å². The monoisotopic (exact) mass is 492 g/mol. The molecule has 178 valence electrons. The number of thiazole rings is 1. The highest BCUT2D eigenvalue weighted by Crippen LogP contribution is 2.37. The molecule has 0 amide bonds. The molecule has 0 atom stereocenters. The SMILES string of the molecule is CCCOc1cc(/C=c2\sc3nc(-c4cccc(OC(F)(F)F)c4)cn3c2=O)cc(OC)c1O. The van der Waals surface area contributed by atoms with Gasteiger partial charge >= 0.3 is 6.36 Å². The molecule has 34 heavy (non-hydrogen) atoms. The van der Waals surface area contributed by atoms with E-state index < -0.39 is 6.36 Å². The van der Waals surface area contributed by atoms with Gasteiger partial charge in [0.15, 0.2) is 16.5 Å². The second-order valence-corrected chi connectivity index (χ2v) is 8.20. The summed E-state index contributed by atoms with van der Waals surface area (Å²) in [5.74, 6) is -0.0562. The molecule has 2 aromatic carbocycles. The van der Waals surface area contributed by atoms with Crippen LogP contribution >= 0.6 is 11.3 Å². The molecule has 2 heterocycles. The van der Waals surface area contributed by atoms with Crippen molar-refractivity contribution < 1.29 is 32.5 Å². The normalized spacial score (nSPS) is 12.3. The number of nitrogens with zero attached hydrogens (tertiary/aromatic N) is 2. The number of aromatic nitrogens is 2. The molecule has 7 nitrogen and oxygen atoms in total. The minimum atomic E-state index is -4.81. The Morgan fingerprint density at radius 2 is 1.97 bits per heavy atom. The Balaban J connectivity index is 1.71. The average molecular weight is 492 g/mol. The second-order valence-electron chi connectivity index (χ2n) is 7.19. The standard InChI is InChI=1S/C23H19F3N2O5S/c1-3-7-32-18-9-13(8-17(31-2)20(18)29)10-19-21(30)28-12-16(27-22(28)34-19)14-5-4-6-15(11-14)33-23(24,25)26/h4-6,8-12,29H,3,7H2,1-2H3/b19-10-. The number of fused-ring (bicyclic) bond motifs is 1. The topological polar surface area (TPSA) is 82.3 Å². The predicted molar refractivity (Wildman–Crippen MR) is 121 cm³/mol. The van der Waals surface area contributed by atoms with Crippen LogP contribution in [0.1, 0.15) is 18.9 Å². The summed E-state index contributed by atoms with van der Waals surface area (Å²) in [6.45, 7) is 2.33. The fourth-order valence-corrected chi connectivity index (χ4v) is 4.19. The highest BCUT2D eigenvalue weighted by atomic mass is 32.1. The Bertz CT molecular complexity index is 1450. The zero-order valence-corrected chi connectivity index (χ0v) is 18.9. The highest BCUT2D eigenvalue weighted by molar-refractivity contribution is 7.15. The number of phenolic OH excluding ortho intramolecular Hbond substituents is 1. The van der Waals surface area contributed by atoms with E-state index in [1.54, 1.807) is 24.3 Å². The molecule has 4 rings (SSSR count). The third-order valence-electron chi connectivity index (χ3n) is 4.71. The molecule has 0 saturated heterocycles. The van der Waals surface area contributed by atoms with E-state index in [-0.39, 0.29) is 28.6 Å². The van der Waals surface area contributed by atoms with E-state index in [9.17, 15) is 23.1 Å². The van der Waals surface area contributed by atoms with Crippen LogP contribution in [0.5, 0.6) is 23.0 Å². The van der Waals surface area contributed by atoms with E-state index >= 15 is 0 Å². The van der Waals surface area contributed by atoms with Gasteiger partial charge in [-0.1, -0.05) is 30.4 Å². The van der Waals surface area contributed by atoms with Gasteiger partial charge < -0.3 is 19.3 Å². The number of methoxy groups -OCH3 is 1. The van der Waals surface area contributed by atoms with Crippen LogP contribution in [0.25, 0.3) is 22.3 Å². The molecule has 0 radical (unpaired) electrons. The maximum atomic E-state index is 12.9. The van der Waals surface area contributed by atoms with Gasteiger partial charge in [0.25, 0.3) is 5.56 Å². The Labute approximate surface area is 195 Å². The molecule has 4 aromatic rings. The van der Waals surface area contributed by atoms with E-state index in [2.05, 4.69) is 9.72 Å². The van der Waals surface area contributed by atoms with Gasteiger partial charge in [-0.3, -0.25) is 9.20 Å². The average Bonchev–Trinajstić information content (AvgIpc) is 3.32. The molecule has 1 N–H and O–H groups in total. The lowest BCUT2D eigenvalue weighted by molar-refractivity contribution is -0.274. The first-order chi connectivity index (χ1) is 16.2. The molecule has 0 fully saturated rings. The number of hydrogen-bond acceptors (Lipinski definition) is 7. The van der Waals surface area contributed by atoms with Crippen molar-refractivity contribution in [3.8, 4) is 34.3 Å². The lowest BCUT2D eigenvalue weighted by Crippen LogP contribution is -2.22. The summed E-state index contributed by atoms with van der Waals surface area (Å²) in [6.07, 6.45) is -0.972. The van der Waals surface area contributed by atoms with Crippen LogP contribution in [-0.2, 0) is 0 Å². The van der Waals surface area contributed by atoms with Gasteiger partial charge in [0, 0.05) is 11.8 Å². The van der Waals surface area contributed by atoms with Crippen LogP contribution in [-0.4, -0.2) is 34.6 Å². The molecule has 0 spiro atoms. The quantitative estimate of drug-likeness (QED) is 0.413. The van der Waals surface area contributed by atoms with E-state index in [0.29, 0.717) is 32.9 Å². The van der Waals surface area contributed by atoms with Gasteiger partial charge in [-0.05, 0) is 42.3 Å². The van der Waals surface area contributed by atoms with Crippen LogP contribution in [0.2, 0.25) is 0 Å². The fourth-order valence-electron chi connectivity index (χ4n) is 3.24. The smallest absolute Gasteiger partial charge is 0.502 e. The second kappa shape index (κ2) is 9.26. The van der Waals surface area contributed by atoms with Crippen molar-refractivity contribution in [2.75, 3.05) is 13.7 Å². The van der Waals surface area contributed by atoms with Crippen LogP contribution in [0.3, 0.4) is 0 Å². The van der Waals surface area contributed by atoms with Crippen molar-refractivity contribution in [1.82, 2.24) is 9.38 Å². The van der Waals surface area contributed by atoms with Gasteiger partial charge in [0.2, 0.25) is 5.75 Å². The van der Waals surface area contributed by atoms with Gasteiger partial charge in [0.1, 0.15) is 5.75 Å². The number of alkyl halides is 3. The number of phenols is 1. The zero-order valence-electron chi connectivity index (χ0n) is 18.0. The van der Waals surface area contributed by atoms with E-state index in [1.807, 2.05) is 6.92 Å². The maximum absolute atomic E-state index is 12.9. The van der Waals surface area contributed by atoms with Gasteiger partial charge in [0.05, 0.1) is 23.9 Å². The van der Waals surface area contributed by atoms with Crippen molar-refractivity contribution in [2.45, 2.75) is 19.7 Å². The van der Waals surface area contributed by atoms with Crippen LogP contribution in [0.4, 0.5) is 13.2 Å². The Hall–Kier alpha value is -3.73. The first kappa shape index (κ1) is 23.4. The molecule has 0 bridgehead atoms. The number of rotatable bonds is 7. The van der Waals surface area contributed by atoms with Crippen molar-refractivity contribution in [2.24, 2.45) is 0 Å². The first-order valence-corrected chi connectivity index (χ1v) is 10.9. The molecular weight excluding hydrogens is 473 g/mol. The zero-order chi connectivity index (χ0) is 24.5. The van der Waals surface area contributed by atoms with Gasteiger partial charge in [-0.2, -0.15) is 0 Å². The van der Waals surface area contributed by atoms with E-state index in [4.69, 9.17) is 9.47 Å². The van der Waals surface area contributed by atoms with Crippen molar-refractivity contribution in [3.05, 3.63) is 63.0 Å². The summed E-state index contributed by atoms with van der Waals surface area (Å²) in [5.41, 5.74) is 0.955. The van der Waals surface area contributed by atoms with Gasteiger partial charge in [-0.15, -0.1) is 13.2 Å². The van der Waals surface area contributed by atoms with E-state index in [1.165, 1.54) is 35.9 Å². The molecule has 11 heteroatoms. The number of benzene rings is 2.